The maximum Gasteiger partial charge on any atom is 0.237 e. The molecule has 0 radical (unpaired) electrons. The van der Waals surface area contributed by atoms with E-state index in [0.29, 0.717) is 12.6 Å². The quantitative estimate of drug-likeness (QED) is 0.812. The predicted molar refractivity (Wildman–Crippen MR) is 73.2 cm³/mol. The van der Waals surface area contributed by atoms with Crippen LogP contribution in [0.4, 0.5) is 0 Å². The molecule has 0 bridgehead atoms. The van der Waals surface area contributed by atoms with Crippen LogP contribution >= 0.6 is 0 Å². The van der Waals surface area contributed by atoms with E-state index < -0.39 is 0 Å². The molecule has 18 heavy (non-hydrogen) atoms. The number of benzene rings is 1. The number of carbonyl (C=O) groups is 1. The van der Waals surface area contributed by atoms with Crippen molar-refractivity contribution in [3.8, 4) is 0 Å². The Bertz CT molecular complexity index is 391. The van der Waals surface area contributed by atoms with E-state index in [1.165, 1.54) is 5.56 Å². The molecule has 1 fully saturated rings. The summed E-state index contributed by atoms with van der Waals surface area (Å²) in [5.74, 6) is 0.255. The molecule has 3 heteroatoms. The molecule has 0 aromatic heterocycles. The minimum absolute atomic E-state index is 0.255. The van der Waals surface area contributed by atoms with Crippen molar-refractivity contribution in [2.45, 2.75) is 32.9 Å². The van der Waals surface area contributed by atoms with Gasteiger partial charge in [0.2, 0.25) is 5.91 Å². The Labute approximate surface area is 109 Å². The molecule has 1 aromatic carbocycles. The van der Waals surface area contributed by atoms with E-state index in [2.05, 4.69) is 30.9 Å². The zero-order chi connectivity index (χ0) is 13.0. The normalized spacial score (nSPS) is 19.0. The first kappa shape index (κ1) is 13.1. The van der Waals surface area contributed by atoms with Gasteiger partial charge in [-0.15, -0.1) is 0 Å². The number of hydrogen-bond acceptors (Lipinski definition) is 2. The Hall–Kier alpha value is -1.35. The number of nitrogens with zero attached hydrogens (tertiary/aromatic N) is 2. The molecular formula is C15H22N2O. The number of carbonyl (C=O) groups excluding carboxylic acids is 1. The lowest BCUT2D eigenvalue weighted by atomic mass is 10.1. The molecule has 1 atom stereocenters. The van der Waals surface area contributed by atoms with Crippen LogP contribution in [0.1, 0.15) is 25.8 Å². The molecule has 1 aliphatic rings. The van der Waals surface area contributed by atoms with Crippen LogP contribution in [-0.2, 0) is 11.3 Å². The first-order chi connectivity index (χ1) is 8.70. The Kier molecular flexibility index (Phi) is 4.37. The van der Waals surface area contributed by atoms with Crippen molar-refractivity contribution in [3.63, 3.8) is 0 Å². The van der Waals surface area contributed by atoms with Crippen LogP contribution in [0.25, 0.3) is 0 Å². The molecule has 1 amide bonds. The monoisotopic (exact) mass is 246 g/mol. The summed E-state index contributed by atoms with van der Waals surface area (Å²) in [6, 6.07) is 10.7. The van der Waals surface area contributed by atoms with Gasteiger partial charge in [-0.1, -0.05) is 37.3 Å². The minimum Gasteiger partial charge on any atom is -0.336 e. The SMILES string of the molecule is CCC(C)N1CCN(Cc2ccccc2)C(=O)C1. The molecule has 0 spiro atoms. The summed E-state index contributed by atoms with van der Waals surface area (Å²) in [5, 5.41) is 0. The number of rotatable bonds is 4. The van der Waals surface area contributed by atoms with Gasteiger partial charge in [0.05, 0.1) is 6.54 Å². The molecule has 1 heterocycles. The summed E-state index contributed by atoms with van der Waals surface area (Å²) in [6.07, 6.45) is 1.10. The van der Waals surface area contributed by atoms with E-state index in [-0.39, 0.29) is 5.91 Å². The fourth-order valence-corrected chi connectivity index (χ4v) is 2.33. The average Bonchev–Trinajstić information content (AvgIpc) is 2.41. The van der Waals surface area contributed by atoms with Gasteiger partial charge in [-0.2, -0.15) is 0 Å². The highest BCUT2D eigenvalue weighted by Crippen LogP contribution is 2.12. The van der Waals surface area contributed by atoms with Crippen molar-refractivity contribution in [1.29, 1.82) is 0 Å². The van der Waals surface area contributed by atoms with Gasteiger partial charge < -0.3 is 4.90 Å². The van der Waals surface area contributed by atoms with Crippen molar-refractivity contribution < 1.29 is 4.79 Å². The first-order valence-corrected chi connectivity index (χ1v) is 6.76. The third-order valence-corrected chi connectivity index (χ3v) is 3.78. The van der Waals surface area contributed by atoms with Gasteiger partial charge in [0, 0.05) is 25.7 Å². The summed E-state index contributed by atoms with van der Waals surface area (Å²) in [6.45, 7) is 7.52. The second-order valence-electron chi connectivity index (χ2n) is 5.03. The van der Waals surface area contributed by atoms with Crippen LogP contribution in [0.3, 0.4) is 0 Å². The Morgan fingerprint density at radius 3 is 2.56 bits per heavy atom. The van der Waals surface area contributed by atoms with Gasteiger partial charge in [0.1, 0.15) is 0 Å². The van der Waals surface area contributed by atoms with Crippen LogP contribution in [0.5, 0.6) is 0 Å². The molecule has 3 nitrogen and oxygen atoms in total. The third-order valence-electron chi connectivity index (χ3n) is 3.78. The summed E-state index contributed by atoms with van der Waals surface area (Å²) >= 11 is 0. The number of piperazine rings is 1. The summed E-state index contributed by atoms with van der Waals surface area (Å²) in [4.78, 5) is 16.4. The van der Waals surface area contributed by atoms with E-state index in [1.807, 2.05) is 23.1 Å². The standard InChI is InChI=1S/C15H22N2O/c1-3-13(2)16-9-10-17(15(18)12-16)11-14-7-5-4-6-8-14/h4-8,13H,3,9-12H2,1-2H3. The van der Waals surface area contributed by atoms with Gasteiger partial charge in [-0.25, -0.2) is 0 Å². The molecule has 1 saturated heterocycles. The lowest BCUT2D eigenvalue weighted by Crippen LogP contribution is -2.52. The molecule has 0 saturated carbocycles. The molecule has 1 aliphatic heterocycles. The van der Waals surface area contributed by atoms with Crippen LogP contribution < -0.4 is 0 Å². The Balaban J connectivity index is 1.92. The highest BCUT2D eigenvalue weighted by atomic mass is 16.2. The maximum atomic E-state index is 12.1. The van der Waals surface area contributed by atoms with Gasteiger partial charge >= 0.3 is 0 Å². The molecular weight excluding hydrogens is 224 g/mol. The topological polar surface area (TPSA) is 23.6 Å². The van der Waals surface area contributed by atoms with Crippen LogP contribution in [0.15, 0.2) is 30.3 Å². The molecule has 0 aliphatic carbocycles. The largest absolute Gasteiger partial charge is 0.336 e. The van der Waals surface area contributed by atoms with E-state index in [0.717, 1.165) is 26.1 Å². The molecule has 0 N–H and O–H groups in total. The van der Waals surface area contributed by atoms with Gasteiger partial charge in [0.25, 0.3) is 0 Å². The van der Waals surface area contributed by atoms with Gasteiger partial charge in [-0.05, 0) is 18.9 Å². The lowest BCUT2D eigenvalue weighted by molar-refractivity contribution is -0.137. The second kappa shape index (κ2) is 6.01. The fourth-order valence-electron chi connectivity index (χ4n) is 2.33. The van der Waals surface area contributed by atoms with Gasteiger partial charge in [0.15, 0.2) is 0 Å². The second-order valence-corrected chi connectivity index (χ2v) is 5.03. The van der Waals surface area contributed by atoms with Gasteiger partial charge in [-0.3, -0.25) is 9.69 Å². The highest BCUT2D eigenvalue weighted by molar-refractivity contribution is 5.79. The van der Waals surface area contributed by atoms with E-state index in [9.17, 15) is 4.79 Å². The summed E-state index contributed by atoms with van der Waals surface area (Å²) < 4.78 is 0. The Morgan fingerprint density at radius 2 is 1.94 bits per heavy atom. The van der Waals surface area contributed by atoms with E-state index >= 15 is 0 Å². The molecule has 98 valence electrons. The first-order valence-electron chi connectivity index (χ1n) is 6.76. The average molecular weight is 246 g/mol. The summed E-state index contributed by atoms with van der Waals surface area (Å²) in [5.41, 5.74) is 1.21. The lowest BCUT2D eigenvalue weighted by Gasteiger charge is -2.37. The predicted octanol–water partition coefficient (Wildman–Crippen LogP) is 2.13. The smallest absolute Gasteiger partial charge is 0.237 e. The number of hydrogen-bond donors (Lipinski definition) is 0. The molecule has 1 unspecified atom stereocenters. The van der Waals surface area contributed by atoms with Crippen molar-refractivity contribution in [1.82, 2.24) is 9.80 Å². The molecule has 1 aromatic rings. The third kappa shape index (κ3) is 3.10. The Morgan fingerprint density at radius 1 is 1.22 bits per heavy atom. The van der Waals surface area contributed by atoms with Crippen LogP contribution in [0.2, 0.25) is 0 Å². The minimum atomic E-state index is 0.255. The highest BCUT2D eigenvalue weighted by Gasteiger charge is 2.25. The van der Waals surface area contributed by atoms with Crippen molar-refractivity contribution in [2.75, 3.05) is 19.6 Å². The van der Waals surface area contributed by atoms with Crippen molar-refractivity contribution in [3.05, 3.63) is 35.9 Å². The zero-order valence-electron chi connectivity index (χ0n) is 11.3. The van der Waals surface area contributed by atoms with Crippen LogP contribution in [0, 0.1) is 0 Å². The van der Waals surface area contributed by atoms with Crippen molar-refractivity contribution >= 4 is 5.91 Å². The zero-order valence-corrected chi connectivity index (χ0v) is 11.3. The fraction of sp³-hybridized carbons (Fsp3) is 0.533. The molecule has 2 rings (SSSR count). The number of amides is 1. The van der Waals surface area contributed by atoms with E-state index in [4.69, 9.17) is 0 Å². The summed E-state index contributed by atoms with van der Waals surface area (Å²) in [7, 11) is 0. The maximum absolute atomic E-state index is 12.1. The van der Waals surface area contributed by atoms with Crippen molar-refractivity contribution in [2.24, 2.45) is 0 Å². The van der Waals surface area contributed by atoms with E-state index in [1.54, 1.807) is 0 Å². The van der Waals surface area contributed by atoms with Crippen LogP contribution in [-0.4, -0.2) is 41.4 Å².